The molecule has 3 N–H and O–H groups in total. The van der Waals surface area contributed by atoms with Gasteiger partial charge in [0.2, 0.25) is 0 Å². The summed E-state index contributed by atoms with van der Waals surface area (Å²) in [4.78, 5) is 1.83. The predicted octanol–water partition coefficient (Wildman–Crippen LogP) is 7.30. The van der Waals surface area contributed by atoms with Gasteiger partial charge in [0.05, 0.1) is 17.1 Å². The number of phenolic OH excluding ortho intramolecular Hbond substituents is 3. The minimum absolute atomic E-state index is 0.0871. The van der Waals surface area contributed by atoms with Gasteiger partial charge >= 0.3 is 0 Å². The molecule has 0 aromatic heterocycles. The molecule has 0 radical (unpaired) electrons. The van der Waals surface area contributed by atoms with Gasteiger partial charge in [-0.25, -0.2) is 0 Å². The number of anilines is 3. The molecule has 0 bridgehead atoms. The van der Waals surface area contributed by atoms with Crippen molar-refractivity contribution in [1.29, 1.82) is 0 Å². The third kappa shape index (κ3) is 4.17. The van der Waals surface area contributed by atoms with Gasteiger partial charge in [0.15, 0.2) is 5.75 Å². The zero-order valence-electron chi connectivity index (χ0n) is 19.1. The van der Waals surface area contributed by atoms with Crippen LogP contribution in [0.5, 0.6) is 28.7 Å². The smallest absolute Gasteiger partial charge is 0.151 e. The lowest BCUT2D eigenvalue weighted by Crippen LogP contribution is -2.14. The minimum Gasteiger partial charge on any atom is -0.508 e. The maximum Gasteiger partial charge on any atom is 0.151 e. The molecule has 0 fully saturated rings. The third-order valence-electron chi connectivity index (χ3n) is 5.70. The summed E-state index contributed by atoms with van der Waals surface area (Å²) in [5.74, 6) is 1.54. The number of ether oxygens (including phenoxy) is 1. The molecule has 4 aromatic carbocycles. The molecule has 5 heteroatoms. The number of hydrogen-bond acceptors (Lipinski definition) is 5. The van der Waals surface area contributed by atoms with Gasteiger partial charge in [-0.05, 0) is 86.3 Å². The van der Waals surface area contributed by atoms with Crippen LogP contribution in [0.2, 0.25) is 0 Å². The Kier molecular flexibility index (Phi) is 5.88. The van der Waals surface area contributed by atoms with Crippen LogP contribution in [0.3, 0.4) is 0 Å². The van der Waals surface area contributed by atoms with Crippen molar-refractivity contribution < 1.29 is 20.1 Å². The maximum atomic E-state index is 10.9. The molecule has 0 aliphatic heterocycles. The number of aromatic hydroxyl groups is 3. The second-order valence-electron chi connectivity index (χ2n) is 8.19. The summed E-state index contributed by atoms with van der Waals surface area (Å²) in [5.41, 5.74) is 4.92. The third-order valence-corrected chi connectivity index (χ3v) is 5.70. The number of hydrogen-bond donors (Lipinski definition) is 3. The first kappa shape index (κ1) is 22.1. The first-order valence-corrected chi connectivity index (χ1v) is 10.7. The fourth-order valence-electron chi connectivity index (χ4n) is 3.95. The van der Waals surface area contributed by atoms with Crippen LogP contribution in [0.4, 0.5) is 17.1 Å². The van der Waals surface area contributed by atoms with Crippen molar-refractivity contribution in [3.05, 3.63) is 95.1 Å². The SMILES string of the molecule is Cc1cc(Oc2ccccc2N(c2c(C)cccc2O)c2c(C)cccc2O)c(C)cc1O. The van der Waals surface area contributed by atoms with Gasteiger partial charge in [-0.3, -0.25) is 4.90 Å². The van der Waals surface area contributed by atoms with Gasteiger partial charge in [-0.15, -0.1) is 0 Å². The van der Waals surface area contributed by atoms with Crippen molar-refractivity contribution in [2.24, 2.45) is 0 Å². The Hall–Kier alpha value is -4.12. The molecule has 0 unspecified atom stereocenters. The van der Waals surface area contributed by atoms with Crippen molar-refractivity contribution in [2.75, 3.05) is 4.90 Å². The van der Waals surface area contributed by atoms with Crippen LogP contribution in [0, 0.1) is 27.7 Å². The molecule has 0 aliphatic carbocycles. The number of rotatable bonds is 5. The summed E-state index contributed by atoms with van der Waals surface area (Å²) < 4.78 is 6.34. The second kappa shape index (κ2) is 8.79. The second-order valence-corrected chi connectivity index (χ2v) is 8.19. The lowest BCUT2D eigenvalue weighted by molar-refractivity contribution is 0.457. The molecule has 5 nitrogen and oxygen atoms in total. The molecule has 0 amide bonds. The summed E-state index contributed by atoms with van der Waals surface area (Å²) in [6, 6.07) is 21.6. The fraction of sp³-hybridized carbons (Fsp3) is 0.143. The maximum absolute atomic E-state index is 10.9. The summed E-state index contributed by atoms with van der Waals surface area (Å²) >= 11 is 0. The van der Waals surface area contributed by atoms with Crippen molar-refractivity contribution in [1.82, 2.24) is 0 Å². The fourth-order valence-corrected chi connectivity index (χ4v) is 3.95. The van der Waals surface area contributed by atoms with Gasteiger partial charge in [0, 0.05) is 0 Å². The zero-order valence-corrected chi connectivity index (χ0v) is 19.1. The van der Waals surface area contributed by atoms with Crippen LogP contribution in [-0.2, 0) is 0 Å². The van der Waals surface area contributed by atoms with Crippen LogP contribution in [0.1, 0.15) is 22.3 Å². The average molecular weight is 442 g/mol. The van der Waals surface area contributed by atoms with E-state index in [-0.39, 0.29) is 17.2 Å². The Labute approximate surface area is 193 Å². The number of aryl methyl sites for hydroxylation is 4. The summed E-state index contributed by atoms with van der Waals surface area (Å²) in [5, 5.41) is 31.8. The van der Waals surface area contributed by atoms with Crippen molar-refractivity contribution in [2.45, 2.75) is 27.7 Å². The van der Waals surface area contributed by atoms with Crippen molar-refractivity contribution >= 4 is 17.1 Å². The van der Waals surface area contributed by atoms with Crippen LogP contribution in [0.15, 0.2) is 72.8 Å². The molecular weight excluding hydrogens is 414 g/mol. The zero-order chi connectivity index (χ0) is 23.7. The summed E-state index contributed by atoms with van der Waals surface area (Å²) in [6.07, 6.45) is 0. The number of nitrogens with zero attached hydrogens (tertiary/aromatic N) is 1. The highest BCUT2D eigenvalue weighted by Gasteiger charge is 2.25. The van der Waals surface area contributed by atoms with Gasteiger partial charge in [-0.1, -0.05) is 36.4 Å². The minimum atomic E-state index is 0.0871. The number of para-hydroxylation sites is 4. The Morgan fingerprint density at radius 1 is 0.545 bits per heavy atom. The highest BCUT2D eigenvalue weighted by Crippen LogP contribution is 2.49. The lowest BCUT2D eigenvalue weighted by Gasteiger charge is -2.30. The molecule has 168 valence electrons. The molecule has 0 heterocycles. The Morgan fingerprint density at radius 2 is 1.12 bits per heavy atom. The van der Waals surface area contributed by atoms with Crippen LogP contribution >= 0.6 is 0 Å². The lowest BCUT2D eigenvalue weighted by atomic mass is 10.1. The van der Waals surface area contributed by atoms with Gasteiger partial charge in [0.25, 0.3) is 0 Å². The number of benzene rings is 4. The Bertz CT molecular complexity index is 1240. The summed E-state index contributed by atoms with van der Waals surface area (Å²) in [6.45, 7) is 7.51. The molecule has 0 saturated heterocycles. The average Bonchev–Trinajstić information content (AvgIpc) is 2.76. The highest BCUT2D eigenvalue weighted by molar-refractivity contribution is 5.88. The largest absolute Gasteiger partial charge is 0.508 e. The van der Waals surface area contributed by atoms with Crippen molar-refractivity contribution in [3.8, 4) is 28.7 Å². The van der Waals surface area contributed by atoms with Crippen LogP contribution < -0.4 is 9.64 Å². The van der Waals surface area contributed by atoms with E-state index in [0.717, 1.165) is 16.7 Å². The molecule has 0 atom stereocenters. The van der Waals surface area contributed by atoms with E-state index < -0.39 is 0 Å². The van der Waals surface area contributed by atoms with E-state index in [9.17, 15) is 15.3 Å². The molecule has 33 heavy (non-hydrogen) atoms. The first-order valence-electron chi connectivity index (χ1n) is 10.7. The topological polar surface area (TPSA) is 73.2 Å². The standard InChI is InChI=1S/C28H27NO4/c1-17-9-7-12-22(30)27(17)29(28-18(2)10-8-13-23(28)31)21-11-5-6-14-25(21)33-26-16-19(3)24(32)15-20(26)4/h5-16,30-32H,1-4H3. The highest BCUT2D eigenvalue weighted by atomic mass is 16.5. The van der Waals surface area contributed by atoms with Gasteiger partial charge < -0.3 is 20.1 Å². The normalized spacial score (nSPS) is 10.8. The summed E-state index contributed by atoms with van der Waals surface area (Å²) in [7, 11) is 0. The van der Waals surface area contributed by atoms with E-state index in [1.807, 2.05) is 69.0 Å². The predicted molar refractivity (Wildman–Crippen MR) is 132 cm³/mol. The molecule has 4 rings (SSSR count). The van der Waals surface area contributed by atoms with Crippen molar-refractivity contribution in [3.63, 3.8) is 0 Å². The molecular formula is C28H27NO4. The van der Waals surface area contributed by atoms with E-state index in [2.05, 4.69) is 0 Å². The van der Waals surface area contributed by atoms with E-state index in [0.29, 0.717) is 34.1 Å². The van der Waals surface area contributed by atoms with Crippen LogP contribution in [0.25, 0.3) is 0 Å². The molecule has 0 spiro atoms. The first-order chi connectivity index (χ1) is 15.8. The van der Waals surface area contributed by atoms with Gasteiger partial charge in [-0.2, -0.15) is 0 Å². The Morgan fingerprint density at radius 3 is 1.70 bits per heavy atom. The van der Waals surface area contributed by atoms with Crippen LogP contribution in [-0.4, -0.2) is 15.3 Å². The quantitative estimate of drug-likeness (QED) is 0.303. The van der Waals surface area contributed by atoms with Gasteiger partial charge in [0.1, 0.15) is 23.0 Å². The van der Waals surface area contributed by atoms with E-state index in [4.69, 9.17) is 4.74 Å². The molecule has 4 aromatic rings. The molecule has 0 saturated carbocycles. The Balaban J connectivity index is 1.96. The monoisotopic (exact) mass is 441 g/mol. The molecule has 0 aliphatic rings. The number of phenols is 3. The van der Waals surface area contributed by atoms with E-state index in [1.54, 1.807) is 36.4 Å². The van der Waals surface area contributed by atoms with E-state index in [1.165, 1.54) is 0 Å². The van der Waals surface area contributed by atoms with E-state index >= 15 is 0 Å².